The molecule has 6 heteroatoms. The highest BCUT2D eigenvalue weighted by Crippen LogP contribution is 2.28. The molecule has 1 N–H and O–H groups in total. The third-order valence-corrected chi connectivity index (χ3v) is 3.85. The van der Waals surface area contributed by atoms with Crippen LogP contribution in [0.4, 0.5) is 5.82 Å². The number of hydrogen-bond acceptors (Lipinski definition) is 4. The Hall–Kier alpha value is -2.89. The van der Waals surface area contributed by atoms with Gasteiger partial charge in [0, 0.05) is 17.9 Å². The van der Waals surface area contributed by atoms with E-state index >= 15 is 0 Å². The van der Waals surface area contributed by atoms with E-state index in [1.165, 1.54) is 0 Å². The minimum Gasteiger partial charge on any atom is -0.494 e. The number of pyridine rings is 1. The summed E-state index contributed by atoms with van der Waals surface area (Å²) < 4.78 is 7.08. The van der Waals surface area contributed by atoms with Crippen molar-refractivity contribution < 1.29 is 9.53 Å². The van der Waals surface area contributed by atoms with E-state index < -0.39 is 0 Å². The molecule has 0 atom stereocenters. The number of hydrogen-bond donors (Lipinski definition) is 1. The van der Waals surface area contributed by atoms with Gasteiger partial charge in [-0.1, -0.05) is 19.1 Å². The first kappa shape index (κ1) is 16.0. The lowest BCUT2D eigenvalue weighted by atomic mass is 10.1. The topological polar surface area (TPSA) is 69.0 Å². The lowest BCUT2D eigenvalue weighted by Gasteiger charge is -2.12. The van der Waals surface area contributed by atoms with Crippen molar-refractivity contribution in [3.05, 3.63) is 41.6 Å². The Morgan fingerprint density at radius 1 is 1.29 bits per heavy atom. The van der Waals surface area contributed by atoms with Crippen molar-refractivity contribution >= 4 is 22.6 Å². The Bertz CT molecular complexity index is 915. The molecule has 24 heavy (non-hydrogen) atoms. The summed E-state index contributed by atoms with van der Waals surface area (Å²) in [5.41, 5.74) is 2.65. The van der Waals surface area contributed by atoms with E-state index in [9.17, 15) is 4.79 Å². The maximum absolute atomic E-state index is 11.8. The van der Waals surface area contributed by atoms with Crippen molar-refractivity contribution in [2.75, 3.05) is 12.4 Å². The van der Waals surface area contributed by atoms with Crippen LogP contribution in [0.3, 0.4) is 0 Å². The number of benzene rings is 1. The van der Waals surface area contributed by atoms with Crippen LogP contribution < -0.4 is 10.1 Å². The van der Waals surface area contributed by atoms with Gasteiger partial charge in [0.25, 0.3) is 0 Å². The molecule has 0 unspecified atom stereocenters. The van der Waals surface area contributed by atoms with E-state index in [1.54, 1.807) is 11.8 Å². The number of carbonyl (C=O) groups is 1. The molecule has 0 saturated carbocycles. The van der Waals surface area contributed by atoms with Crippen molar-refractivity contribution in [3.63, 3.8) is 0 Å². The van der Waals surface area contributed by atoms with Crippen molar-refractivity contribution in [2.45, 2.75) is 27.2 Å². The summed E-state index contributed by atoms with van der Waals surface area (Å²) in [5.74, 6) is 1.90. The minimum absolute atomic E-state index is 0.0637. The van der Waals surface area contributed by atoms with Gasteiger partial charge in [0.1, 0.15) is 17.1 Å². The van der Waals surface area contributed by atoms with E-state index in [2.05, 4.69) is 10.4 Å². The molecule has 0 bridgehead atoms. The average molecular weight is 324 g/mol. The Morgan fingerprint density at radius 3 is 2.79 bits per heavy atom. The van der Waals surface area contributed by atoms with Gasteiger partial charge in [-0.25, -0.2) is 4.98 Å². The fourth-order valence-electron chi connectivity index (χ4n) is 2.64. The molecule has 3 aromatic rings. The molecule has 0 radical (unpaired) electrons. The highest BCUT2D eigenvalue weighted by molar-refractivity contribution is 5.90. The second-order valence-electron chi connectivity index (χ2n) is 5.64. The minimum atomic E-state index is -0.0637. The van der Waals surface area contributed by atoms with Gasteiger partial charge in [-0.3, -0.25) is 4.79 Å². The summed E-state index contributed by atoms with van der Waals surface area (Å²) in [6.45, 7) is 5.71. The molecular formula is C18H20N4O2. The van der Waals surface area contributed by atoms with E-state index in [0.29, 0.717) is 23.8 Å². The number of fused-ring (bicyclic) bond motifs is 1. The maximum Gasteiger partial charge on any atom is 0.225 e. The molecule has 124 valence electrons. The molecule has 2 aromatic heterocycles. The van der Waals surface area contributed by atoms with E-state index in [0.717, 1.165) is 22.2 Å². The highest BCUT2D eigenvalue weighted by atomic mass is 16.5. The number of amides is 1. The SMILES string of the molecule is CCC(=O)Nc1cc(C)nn1-c1cc(C)c2cccc(OC)c2n1. The first-order valence-corrected chi connectivity index (χ1v) is 7.84. The molecule has 3 rings (SSSR count). The normalized spacial score (nSPS) is 10.8. The third kappa shape index (κ3) is 2.82. The van der Waals surface area contributed by atoms with Crippen LogP contribution in [0.25, 0.3) is 16.7 Å². The molecule has 0 aliphatic heterocycles. The molecule has 0 fully saturated rings. The Labute approximate surface area is 140 Å². The van der Waals surface area contributed by atoms with Gasteiger partial charge in [0.15, 0.2) is 5.82 Å². The maximum atomic E-state index is 11.8. The van der Waals surface area contributed by atoms with Gasteiger partial charge in [-0.15, -0.1) is 0 Å². The lowest BCUT2D eigenvalue weighted by molar-refractivity contribution is -0.115. The summed E-state index contributed by atoms with van der Waals surface area (Å²) in [7, 11) is 1.63. The highest BCUT2D eigenvalue weighted by Gasteiger charge is 2.14. The molecule has 0 saturated heterocycles. The van der Waals surface area contributed by atoms with Gasteiger partial charge in [-0.2, -0.15) is 9.78 Å². The van der Waals surface area contributed by atoms with Gasteiger partial charge >= 0.3 is 0 Å². The van der Waals surface area contributed by atoms with Gasteiger partial charge < -0.3 is 10.1 Å². The third-order valence-electron chi connectivity index (χ3n) is 3.85. The predicted molar refractivity (Wildman–Crippen MR) is 93.8 cm³/mol. The standard InChI is InChI=1S/C18H20N4O2/c1-5-17(23)19-16-10-12(3)21-22(16)15-9-11(2)13-7-6-8-14(24-4)18(13)20-15/h6-10H,5H2,1-4H3,(H,19,23). The number of anilines is 1. The van der Waals surface area contributed by atoms with Crippen LogP contribution in [-0.4, -0.2) is 27.8 Å². The zero-order valence-corrected chi connectivity index (χ0v) is 14.3. The number of aryl methyl sites for hydroxylation is 2. The van der Waals surface area contributed by atoms with Crippen LogP contribution in [0.1, 0.15) is 24.6 Å². The van der Waals surface area contributed by atoms with Crippen molar-refractivity contribution in [3.8, 4) is 11.6 Å². The Morgan fingerprint density at radius 2 is 2.08 bits per heavy atom. The number of nitrogens with zero attached hydrogens (tertiary/aromatic N) is 3. The molecule has 6 nitrogen and oxygen atoms in total. The molecule has 0 spiro atoms. The molecule has 2 heterocycles. The molecular weight excluding hydrogens is 304 g/mol. The van der Waals surface area contributed by atoms with Crippen LogP contribution >= 0.6 is 0 Å². The first-order chi connectivity index (χ1) is 11.5. The van der Waals surface area contributed by atoms with Gasteiger partial charge in [-0.05, 0) is 31.5 Å². The van der Waals surface area contributed by atoms with Crippen molar-refractivity contribution in [1.29, 1.82) is 0 Å². The predicted octanol–water partition coefficient (Wildman–Crippen LogP) is 3.39. The lowest BCUT2D eigenvalue weighted by Crippen LogP contribution is -2.14. The zero-order chi connectivity index (χ0) is 17.3. The van der Waals surface area contributed by atoms with Crippen LogP contribution in [0.5, 0.6) is 5.75 Å². The zero-order valence-electron chi connectivity index (χ0n) is 14.3. The average Bonchev–Trinajstić information content (AvgIpc) is 2.94. The van der Waals surface area contributed by atoms with Gasteiger partial charge in [0.2, 0.25) is 5.91 Å². The van der Waals surface area contributed by atoms with Crippen LogP contribution in [0.15, 0.2) is 30.3 Å². The number of para-hydroxylation sites is 1. The van der Waals surface area contributed by atoms with Crippen LogP contribution in [0.2, 0.25) is 0 Å². The largest absolute Gasteiger partial charge is 0.494 e. The van der Waals surface area contributed by atoms with Crippen LogP contribution in [0, 0.1) is 13.8 Å². The summed E-state index contributed by atoms with van der Waals surface area (Å²) in [6.07, 6.45) is 0.405. The smallest absolute Gasteiger partial charge is 0.225 e. The molecule has 0 aliphatic carbocycles. The monoisotopic (exact) mass is 324 g/mol. The number of aromatic nitrogens is 3. The van der Waals surface area contributed by atoms with E-state index in [4.69, 9.17) is 9.72 Å². The van der Waals surface area contributed by atoms with Gasteiger partial charge in [0.05, 0.1) is 12.8 Å². The Balaban J connectivity index is 2.18. The number of methoxy groups -OCH3 is 1. The quantitative estimate of drug-likeness (QED) is 0.798. The second-order valence-corrected chi connectivity index (χ2v) is 5.64. The number of ether oxygens (including phenoxy) is 1. The number of nitrogens with one attached hydrogen (secondary N) is 1. The summed E-state index contributed by atoms with van der Waals surface area (Å²) in [5, 5.41) is 8.37. The van der Waals surface area contributed by atoms with Crippen molar-refractivity contribution in [2.24, 2.45) is 0 Å². The molecule has 1 aromatic carbocycles. The molecule has 1 amide bonds. The number of carbonyl (C=O) groups excluding carboxylic acids is 1. The number of rotatable bonds is 4. The summed E-state index contributed by atoms with van der Waals surface area (Å²) in [6, 6.07) is 9.62. The fraction of sp³-hybridized carbons (Fsp3) is 0.278. The summed E-state index contributed by atoms with van der Waals surface area (Å²) >= 11 is 0. The first-order valence-electron chi connectivity index (χ1n) is 7.84. The fourth-order valence-corrected chi connectivity index (χ4v) is 2.64. The molecule has 0 aliphatic rings. The Kier molecular flexibility index (Phi) is 4.20. The van der Waals surface area contributed by atoms with E-state index in [1.807, 2.05) is 51.1 Å². The van der Waals surface area contributed by atoms with E-state index in [-0.39, 0.29) is 5.91 Å². The van der Waals surface area contributed by atoms with Crippen molar-refractivity contribution in [1.82, 2.24) is 14.8 Å². The van der Waals surface area contributed by atoms with Crippen LogP contribution in [-0.2, 0) is 4.79 Å². The summed E-state index contributed by atoms with van der Waals surface area (Å²) in [4.78, 5) is 16.5. The second kappa shape index (κ2) is 6.31.